The second-order valence-electron chi connectivity index (χ2n) is 4.55. The molecule has 1 saturated heterocycles. The van der Waals surface area contributed by atoms with Crippen LogP contribution in [0.2, 0.25) is 0 Å². The molecule has 0 N–H and O–H groups in total. The summed E-state index contributed by atoms with van der Waals surface area (Å²) in [6.07, 6.45) is 5.16. The molecule has 1 nitrogen and oxygen atoms in total. The van der Waals surface area contributed by atoms with E-state index in [0.717, 1.165) is 6.61 Å². The van der Waals surface area contributed by atoms with Crippen LogP contribution in [-0.2, 0) is 4.74 Å². The number of benzene rings is 1. The second-order valence-corrected chi connectivity index (χ2v) is 4.55. The molecule has 2 aliphatic rings. The van der Waals surface area contributed by atoms with E-state index in [1.807, 2.05) is 0 Å². The standard InChI is InChI=1S/C14H16O/c1-10-9-11-5-2-3-6-12(11)14(10)13-7-4-8-15-13/h2-3,5-6,9,13-14H,4,7-8H2,1H3. The van der Waals surface area contributed by atoms with E-state index < -0.39 is 0 Å². The predicted octanol–water partition coefficient (Wildman–Crippen LogP) is 3.37. The van der Waals surface area contributed by atoms with E-state index in [9.17, 15) is 0 Å². The van der Waals surface area contributed by atoms with Crippen molar-refractivity contribution in [1.82, 2.24) is 0 Å². The van der Waals surface area contributed by atoms with Crippen LogP contribution < -0.4 is 0 Å². The fraction of sp³-hybridized carbons (Fsp3) is 0.429. The number of fused-ring (bicyclic) bond motifs is 1. The van der Waals surface area contributed by atoms with Crippen LogP contribution in [0.3, 0.4) is 0 Å². The maximum Gasteiger partial charge on any atom is 0.0681 e. The maximum atomic E-state index is 5.82. The Hall–Kier alpha value is -1.08. The molecule has 2 atom stereocenters. The van der Waals surface area contributed by atoms with Gasteiger partial charge in [-0.15, -0.1) is 0 Å². The summed E-state index contributed by atoms with van der Waals surface area (Å²) in [5, 5.41) is 0. The average molecular weight is 200 g/mol. The molecule has 1 aliphatic carbocycles. The molecule has 3 rings (SSSR count). The third-order valence-electron chi connectivity index (χ3n) is 3.54. The number of hydrogen-bond acceptors (Lipinski definition) is 1. The van der Waals surface area contributed by atoms with Crippen LogP contribution in [0.15, 0.2) is 29.8 Å². The van der Waals surface area contributed by atoms with E-state index in [2.05, 4.69) is 37.3 Å². The van der Waals surface area contributed by atoms with E-state index in [-0.39, 0.29) is 0 Å². The van der Waals surface area contributed by atoms with Gasteiger partial charge in [0.25, 0.3) is 0 Å². The van der Waals surface area contributed by atoms with Crippen LogP contribution in [-0.4, -0.2) is 12.7 Å². The first-order valence-corrected chi connectivity index (χ1v) is 5.75. The first-order chi connectivity index (χ1) is 7.36. The molecule has 1 heteroatoms. The van der Waals surface area contributed by atoms with Gasteiger partial charge in [-0.2, -0.15) is 0 Å². The van der Waals surface area contributed by atoms with Gasteiger partial charge in [0.1, 0.15) is 0 Å². The van der Waals surface area contributed by atoms with E-state index in [0.29, 0.717) is 12.0 Å². The zero-order chi connectivity index (χ0) is 10.3. The Balaban J connectivity index is 1.99. The summed E-state index contributed by atoms with van der Waals surface area (Å²) in [6, 6.07) is 8.69. The Kier molecular flexibility index (Phi) is 2.14. The van der Waals surface area contributed by atoms with Gasteiger partial charge in [0, 0.05) is 12.5 Å². The Labute approximate surface area is 90.8 Å². The van der Waals surface area contributed by atoms with Gasteiger partial charge in [0.15, 0.2) is 0 Å². The minimum atomic E-state index is 0.421. The van der Waals surface area contributed by atoms with Crippen molar-refractivity contribution in [3.63, 3.8) is 0 Å². The molecule has 15 heavy (non-hydrogen) atoms. The van der Waals surface area contributed by atoms with Gasteiger partial charge in [0.2, 0.25) is 0 Å². The molecule has 0 spiro atoms. The molecule has 0 saturated carbocycles. The van der Waals surface area contributed by atoms with E-state index in [4.69, 9.17) is 4.74 Å². The highest BCUT2D eigenvalue weighted by atomic mass is 16.5. The van der Waals surface area contributed by atoms with Gasteiger partial charge >= 0.3 is 0 Å². The van der Waals surface area contributed by atoms with Crippen LogP contribution in [0, 0.1) is 0 Å². The summed E-state index contributed by atoms with van der Waals surface area (Å²) in [5.74, 6) is 0.517. The molecule has 1 aromatic rings. The normalized spacial score (nSPS) is 29.0. The SMILES string of the molecule is CC1=Cc2ccccc2C1C1CCCO1. The Morgan fingerprint density at radius 1 is 1.27 bits per heavy atom. The van der Waals surface area contributed by atoms with Crippen molar-refractivity contribution in [3.05, 3.63) is 41.0 Å². The number of rotatable bonds is 1. The highest BCUT2D eigenvalue weighted by Crippen LogP contribution is 2.41. The third kappa shape index (κ3) is 1.42. The van der Waals surface area contributed by atoms with Crippen LogP contribution in [0.25, 0.3) is 6.08 Å². The highest BCUT2D eigenvalue weighted by Gasteiger charge is 2.32. The van der Waals surface area contributed by atoms with Crippen molar-refractivity contribution in [3.8, 4) is 0 Å². The molecule has 0 radical (unpaired) electrons. The Morgan fingerprint density at radius 3 is 2.93 bits per heavy atom. The third-order valence-corrected chi connectivity index (χ3v) is 3.54. The van der Waals surface area contributed by atoms with E-state index in [1.54, 1.807) is 0 Å². The van der Waals surface area contributed by atoms with Crippen molar-refractivity contribution in [2.24, 2.45) is 0 Å². The molecule has 1 fully saturated rings. The van der Waals surface area contributed by atoms with Crippen LogP contribution >= 0.6 is 0 Å². The minimum Gasteiger partial charge on any atom is -0.377 e. The first-order valence-electron chi connectivity index (χ1n) is 5.75. The minimum absolute atomic E-state index is 0.421. The molecule has 0 bridgehead atoms. The summed E-state index contributed by atoms with van der Waals surface area (Å²) < 4.78 is 5.82. The fourth-order valence-corrected chi connectivity index (χ4v) is 2.86. The van der Waals surface area contributed by atoms with Gasteiger partial charge < -0.3 is 4.74 Å². The van der Waals surface area contributed by atoms with Crippen LogP contribution in [0.5, 0.6) is 0 Å². The Morgan fingerprint density at radius 2 is 2.13 bits per heavy atom. The largest absolute Gasteiger partial charge is 0.377 e. The lowest BCUT2D eigenvalue weighted by Gasteiger charge is -2.21. The first kappa shape index (κ1) is 9.17. The van der Waals surface area contributed by atoms with Crippen molar-refractivity contribution >= 4 is 6.08 Å². The zero-order valence-electron chi connectivity index (χ0n) is 9.07. The summed E-state index contributed by atoms with van der Waals surface area (Å²) in [6.45, 7) is 3.17. The van der Waals surface area contributed by atoms with Gasteiger partial charge in [0.05, 0.1) is 6.10 Å². The average Bonchev–Trinajstić information content (AvgIpc) is 2.82. The molecule has 2 unspecified atom stereocenters. The van der Waals surface area contributed by atoms with Gasteiger partial charge in [-0.25, -0.2) is 0 Å². The smallest absolute Gasteiger partial charge is 0.0681 e. The fourth-order valence-electron chi connectivity index (χ4n) is 2.86. The van der Waals surface area contributed by atoms with Crippen molar-refractivity contribution in [2.45, 2.75) is 31.8 Å². The molecule has 78 valence electrons. The molecular weight excluding hydrogens is 184 g/mol. The Bertz CT molecular complexity index is 400. The summed E-state index contributed by atoms with van der Waals surface area (Å²) in [4.78, 5) is 0. The molecule has 1 heterocycles. The lowest BCUT2D eigenvalue weighted by Crippen LogP contribution is -2.16. The van der Waals surface area contributed by atoms with Crippen LogP contribution in [0.4, 0.5) is 0 Å². The topological polar surface area (TPSA) is 9.23 Å². The molecular formula is C14H16O. The van der Waals surface area contributed by atoms with Gasteiger partial charge in [-0.05, 0) is 30.9 Å². The van der Waals surface area contributed by atoms with Gasteiger partial charge in [-0.1, -0.05) is 35.9 Å². The van der Waals surface area contributed by atoms with Crippen molar-refractivity contribution < 1.29 is 4.74 Å². The lowest BCUT2D eigenvalue weighted by molar-refractivity contribution is 0.0981. The summed E-state index contributed by atoms with van der Waals surface area (Å²) >= 11 is 0. The van der Waals surface area contributed by atoms with E-state index >= 15 is 0 Å². The highest BCUT2D eigenvalue weighted by molar-refractivity contribution is 5.66. The van der Waals surface area contributed by atoms with Gasteiger partial charge in [-0.3, -0.25) is 0 Å². The summed E-state index contributed by atoms with van der Waals surface area (Å²) in [7, 11) is 0. The number of hydrogen-bond donors (Lipinski definition) is 0. The molecule has 0 amide bonds. The van der Waals surface area contributed by atoms with E-state index in [1.165, 1.54) is 29.5 Å². The lowest BCUT2D eigenvalue weighted by atomic mass is 9.89. The zero-order valence-corrected chi connectivity index (χ0v) is 9.07. The maximum absolute atomic E-state index is 5.82. The molecule has 1 aliphatic heterocycles. The summed E-state index contributed by atoms with van der Waals surface area (Å²) in [5.41, 5.74) is 4.31. The molecule has 0 aromatic heterocycles. The second kappa shape index (κ2) is 3.49. The quantitative estimate of drug-likeness (QED) is 0.675. The van der Waals surface area contributed by atoms with Crippen LogP contribution in [0.1, 0.15) is 36.8 Å². The van der Waals surface area contributed by atoms with Crippen molar-refractivity contribution in [2.75, 3.05) is 6.61 Å². The molecule has 1 aromatic carbocycles. The monoisotopic (exact) mass is 200 g/mol. The van der Waals surface area contributed by atoms with Crippen molar-refractivity contribution in [1.29, 1.82) is 0 Å². The predicted molar refractivity (Wildman–Crippen MR) is 61.8 cm³/mol. The number of ether oxygens (including phenoxy) is 1.